The molecule has 0 N–H and O–H groups in total. The topological polar surface area (TPSA) is 43.4 Å². The predicted octanol–water partition coefficient (Wildman–Crippen LogP) is 4.55. The average Bonchev–Trinajstić information content (AvgIpc) is 2.33. The van der Waals surface area contributed by atoms with Gasteiger partial charge in [0, 0.05) is 0 Å². The zero-order valence-electron chi connectivity index (χ0n) is 14.3. The fraction of sp³-hybridized carbons (Fsp3) is 0.667. The molecule has 0 aliphatic heterocycles. The Balaban J connectivity index is 2.04. The van der Waals surface area contributed by atoms with Crippen molar-refractivity contribution in [3.8, 4) is 0 Å². The van der Waals surface area contributed by atoms with Crippen LogP contribution >= 0.6 is 0 Å². The van der Waals surface area contributed by atoms with Crippen LogP contribution < -0.4 is 0 Å². The molecule has 1 aliphatic rings. The third-order valence-corrected chi connectivity index (χ3v) is 5.70. The molecule has 1 saturated carbocycles. The molecule has 0 heterocycles. The van der Waals surface area contributed by atoms with Crippen LogP contribution in [0.2, 0.25) is 0 Å². The number of benzene rings is 1. The van der Waals surface area contributed by atoms with Gasteiger partial charge in [0.15, 0.2) is 0 Å². The van der Waals surface area contributed by atoms with E-state index in [1.807, 2.05) is 6.92 Å². The van der Waals surface area contributed by atoms with Gasteiger partial charge in [-0.3, -0.25) is 4.18 Å². The molecule has 2 rings (SSSR count). The molecule has 0 saturated heterocycles. The van der Waals surface area contributed by atoms with Gasteiger partial charge in [0.25, 0.3) is 10.1 Å². The fourth-order valence-electron chi connectivity index (χ4n) is 4.15. The van der Waals surface area contributed by atoms with Crippen LogP contribution in [0.3, 0.4) is 0 Å². The lowest BCUT2D eigenvalue weighted by molar-refractivity contribution is 0.0453. The summed E-state index contributed by atoms with van der Waals surface area (Å²) in [7, 11) is -3.65. The summed E-state index contributed by atoms with van der Waals surface area (Å²) in [6, 6.07) is 6.81. The van der Waals surface area contributed by atoms with Crippen LogP contribution in [0, 0.1) is 23.7 Å². The van der Waals surface area contributed by atoms with E-state index in [2.05, 4.69) is 27.7 Å². The van der Waals surface area contributed by atoms with Crippen LogP contribution in [0.4, 0.5) is 0 Å². The molecule has 0 unspecified atom stereocenters. The molecule has 0 aromatic heterocycles. The second-order valence-electron chi connectivity index (χ2n) is 8.33. The third-order valence-electron chi connectivity index (χ3n) is 4.41. The average molecular weight is 324 g/mol. The van der Waals surface area contributed by atoms with Crippen molar-refractivity contribution in [3.05, 3.63) is 29.8 Å². The van der Waals surface area contributed by atoms with Crippen molar-refractivity contribution in [2.45, 2.75) is 58.8 Å². The molecule has 1 aromatic rings. The second kappa shape index (κ2) is 5.97. The lowest BCUT2D eigenvalue weighted by Crippen LogP contribution is -2.36. The highest BCUT2D eigenvalue weighted by Gasteiger charge is 2.38. The smallest absolute Gasteiger partial charge is 0.266 e. The van der Waals surface area contributed by atoms with Crippen molar-refractivity contribution >= 4 is 10.1 Å². The fourth-order valence-corrected chi connectivity index (χ4v) is 5.13. The monoisotopic (exact) mass is 324 g/mol. The molecule has 1 fully saturated rings. The Kier molecular flexibility index (Phi) is 4.74. The molecule has 0 atom stereocenters. The van der Waals surface area contributed by atoms with Crippen molar-refractivity contribution < 1.29 is 12.6 Å². The molecule has 3 nitrogen and oxygen atoms in total. The van der Waals surface area contributed by atoms with Gasteiger partial charge in [-0.05, 0) is 55.1 Å². The largest absolute Gasteiger partial charge is 0.296 e. The minimum absolute atomic E-state index is 0.239. The van der Waals surface area contributed by atoms with Crippen molar-refractivity contribution in [3.63, 3.8) is 0 Å². The van der Waals surface area contributed by atoms with Gasteiger partial charge in [0.2, 0.25) is 0 Å². The van der Waals surface area contributed by atoms with E-state index in [-0.39, 0.29) is 22.3 Å². The van der Waals surface area contributed by atoms with Crippen LogP contribution in [0.5, 0.6) is 0 Å². The van der Waals surface area contributed by atoms with Gasteiger partial charge in [-0.1, -0.05) is 45.4 Å². The molecule has 0 amide bonds. The quantitative estimate of drug-likeness (QED) is 0.763. The van der Waals surface area contributed by atoms with Crippen LogP contribution in [-0.2, 0) is 14.3 Å². The molecule has 0 bridgehead atoms. The molecule has 4 heteroatoms. The minimum Gasteiger partial charge on any atom is -0.266 e. The first-order chi connectivity index (χ1) is 9.99. The Labute approximate surface area is 135 Å². The standard InChI is InChI=1S/C18H28O3S/c1-14-6-8-16(9-7-14)22(19,20)21-12-15-10-17(2,3)13-18(4,5)11-15/h6-9,15H,10-13H2,1-5H3. The first kappa shape index (κ1) is 17.5. The number of aryl methyl sites for hydroxylation is 1. The van der Waals surface area contributed by atoms with E-state index in [1.165, 1.54) is 6.42 Å². The Bertz CT molecular complexity index is 596. The molecule has 22 heavy (non-hydrogen) atoms. The van der Waals surface area contributed by atoms with Crippen molar-refractivity contribution in [2.24, 2.45) is 16.7 Å². The molecule has 0 radical (unpaired) electrons. The maximum atomic E-state index is 12.3. The van der Waals surface area contributed by atoms with Gasteiger partial charge >= 0.3 is 0 Å². The van der Waals surface area contributed by atoms with Crippen LogP contribution in [0.15, 0.2) is 29.2 Å². The van der Waals surface area contributed by atoms with Crippen molar-refractivity contribution in [1.82, 2.24) is 0 Å². The maximum Gasteiger partial charge on any atom is 0.296 e. The van der Waals surface area contributed by atoms with Crippen molar-refractivity contribution in [1.29, 1.82) is 0 Å². The van der Waals surface area contributed by atoms with Gasteiger partial charge in [0.1, 0.15) is 0 Å². The van der Waals surface area contributed by atoms with Gasteiger partial charge in [-0.2, -0.15) is 8.42 Å². The van der Waals surface area contributed by atoms with Gasteiger partial charge in [0.05, 0.1) is 11.5 Å². The summed E-state index contributed by atoms with van der Waals surface area (Å²) in [4.78, 5) is 0.243. The minimum atomic E-state index is -3.65. The molecule has 1 aromatic carbocycles. The number of hydrogen-bond donors (Lipinski definition) is 0. The first-order valence-corrected chi connectivity index (χ1v) is 9.36. The van der Waals surface area contributed by atoms with E-state index in [9.17, 15) is 8.42 Å². The zero-order chi connectivity index (χ0) is 16.6. The van der Waals surface area contributed by atoms with Gasteiger partial charge in [-0.15, -0.1) is 0 Å². The number of hydrogen-bond acceptors (Lipinski definition) is 3. The first-order valence-electron chi connectivity index (χ1n) is 7.95. The lowest BCUT2D eigenvalue weighted by Gasteiger charge is -2.44. The summed E-state index contributed by atoms with van der Waals surface area (Å²) in [6.07, 6.45) is 3.20. The summed E-state index contributed by atoms with van der Waals surface area (Å²) in [5.74, 6) is 0.291. The van der Waals surface area contributed by atoms with Gasteiger partial charge in [-0.25, -0.2) is 0 Å². The van der Waals surface area contributed by atoms with E-state index in [0.29, 0.717) is 5.92 Å². The van der Waals surface area contributed by atoms with E-state index in [0.717, 1.165) is 18.4 Å². The van der Waals surface area contributed by atoms with Gasteiger partial charge < -0.3 is 0 Å². The van der Waals surface area contributed by atoms with E-state index >= 15 is 0 Å². The maximum absolute atomic E-state index is 12.3. The second-order valence-corrected chi connectivity index (χ2v) is 9.95. The summed E-state index contributed by atoms with van der Waals surface area (Å²) in [5.41, 5.74) is 1.52. The zero-order valence-corrected chi connectivity index (χ0v) is 15.2. The van der Waals surface area contributed by atoms with Crippen LogP contribution in [0.25, 0.3) is 0 Å². The summed E-state index contributed by atoms with van der Waals surface area (Å²) < 4.78 is 29.9. The van der Waals surface area contributed by atoms with E-state index in [1.54, 1.807) is 24.3 Å². The normalized spacial score (nSPS) is 21.7. The lowest BCUT2D eigenvalue weighted by atomic mass is 9.62. The molecule has 124 valence electrons. The van der Waals surface area contributed by atoms with Crippen molar-refractivity contribution in [2.75, 3.05) is 6.61 Å². The third kappa shape index (κ3) is 4.56. The molecular formula is C18H28O3S. The highest BCUT2D eigenvalue weighted by Crippen LogP contribution is 2.48. The summed E-state index contributed by atoms with van der Waals surface area (Å²) in [6.45, 7) is 11.3. The predicted molar refractivity (Wildman–Crippen MR) is 89.2 cm³/mol. The summed E-state index contributed by atoms with van der Waals surface area (Å²) in [5, 5.41) is 0. The van der Waals surface area contributed by atoms with E-state index in [4.69, 9.17) is 4.18 Å². The SMILES string of the molecule is Cc1ccc(S(=O)(=O)OCC2CC(C)(C)CC(C)(C)C2)cc1. The van der Waals surface area contributed by atoms with Crippen LogP contribution in [-0.4, -0.2) is 15.0 Å². The molecular weight excluding hydrogens is 296 g/mol. The highest BCUT2D eigenvalue weighted by molar-refractivity contribution is 7.86. The Morgan fingerprint density at radius 1 is 1.05 bits per heavy atom. The molecule has 0 spiro atoms. The Morgan fingerprint density at radius 2 is 1.55 bits per heavy atom. The Morgan fingerprint density at radius 3 is 2.05 bits per heavy atom. The summed E-state index contributed by atoms with van der Waals surface area (Å²) >= 11 is 0. The molecule has 1 aliphatic carbocycles. The Hall–Kier alpha value is -0.870. The highest BCUT2D eigenvalue weighted by atomic mass is 32.2. The number of rotatable bonds is 4. The van der Waals surface area contributed by atoms with E-state index < -0.39 is 10.1 Å². The van der Waals surface area contributed by atoms with Crippen LogP contribution in [0.1, 0.15) is 52.5 Å².